The summed E-state index contributed by atoms with van der Waals surface area (Å²) in [5, 5.41) is 4.81. The van der Waals surface area contributed by atoms with Crippen LogP contribution in [0.5, 0.6) is 0 Å². The molecule has 0 rings (SSSR count). The van der Waals surface area contributed by atoms with Gasteiger partial charge in [-0.05, 0) is 6.42 Å². The van der Waals surface area contributed by atoms with Crippen LogP contribution in [0.3, 0.4) is 0 Å². The molecule has 14 heavy (non-hydrogen) atoms. The first-order chi connectivity index (χ1) is 6.72. The number of hydrogen-bond donors (Lipinski definition) is 2. The maximum absolute atomic E-state index is 11.0. The van der Waals surface area contributed by atoms with Gasteiger partial charge in [-0.1, -0.05) is 0 Å². The van der Waals surface area contributed by atoms with Crippen LogP contribution in [-0.2, 0) is 14.3 Å². The smallest absolute Gasteiger partial charge is 0.309 e. The molecule has 0 atom stereocenters. The maximum Gasteiger partial charge on any atom is 0.309 e. The highest BCUT2D eigenvalue weighted by Crippen LogP contribution is 1.78. The second kappa shape index (κ2) is 8.77. The first kappa shape index (κ1) is 13.2. The van der Waals surface area contributed by atoms with E-state index in [4.69, 9.17) is 16.3 Å². The summed E-state index contributed by atoms with van der Waals surface area (Å²) in [7, 11) is 1.58. The molecule has 0 aliphatic heterocycles. The van der Waals surface area contributed by atoms with Gasteiger partial charge in [-0.2, -0.15) is 0 Å². The number of amides is 2. The third-order valence-corrected chi connectivity index (χ3v) is 1.59. The van der Waals surface area contributed by atoms with E-state index < -0.39 is 11.8 Å². The lowest BCUT2D eigenvalue weighted by Crippen LogP contribution is -2.41. The zero-order chi connectivity index (χ0) is 10.8. The van der Waals surface area contributed by atoms with Crippen LogP contribution in [-0.4, -0.2) is 44.5 Å². The van der Waals surface area contributed by atoms with Crippen molar-refractivity contribution in [1.82, 2.24) is 10.6 Å². The molecule has 0 bridgehead atoms. The van der Waals surface area contributed by atoms with Crippen molar-refractivity contribution in [3.63, 3.8) is 0 Å². The van der Waals surface area contributed by atoms with Crippen LogP contribution in [0.4, 0.5) is 0 Å². The molecule has 5 nitrogen and oxygen atoms in total. The number of carbonyl (C=O) groups excluding carboxylic acids is 2. The molecule has 0 saturated carbocycles. The van der Waals surface area contributed by atoms with Crippen molar-refractivity contribution in [3.05, 3.63) is 0 Å². The van der Waals surface area contributed by atoms with E-state index >= 15 is 0 Å². The van der Waals surface area contributed by atoms with Gasteiger partial charge in [0.2, 0.25) is 0 Å². The average molecular weight is 223 g/mol. The topological polar surface area (TPSA) is 67.4 Å². The first-order valence-corrected chi connectivity index (χ1v) is 4.86. The molecule has 0 saturated heterocycles. The van der Waals surface area contributed by atoms with Crippen molar-refractivity contribution in [2.75, 3.05) is 32.7 Å². The lowest BCUT2D eigenvalue weighted by atomic mass is 10.4. The van der Waals surface area contributed by atoms with Gasteiger partial charge >= 0.3 is 11.8 Å². The van der Waals surface area contributed by atoms with Crippen LogP contribution in [0.1, 0.15) is 6.42 Å². The second-order valence-electron chi connectivity index (χ2n) is 2.55. The van der Waals surface area contributed by atoms with Crippen molar-refractivity contribution < 1.29 is 14.3 Å². The molecular formula is C8H15ClN2O3. The number of nitrogens with one attached hydrogen (secondary N) is 2. The Morgan fingerprint density at radius 3 is 2.29 bits per heavy atom. The van der Waals surface area contributed by atoms with Crippen LogP contribution in [0, 0.1) is 0 Å². The van der Waals surface area contributed by atoms with Gasteiger partial charge in [0.1, 0.15) is 0 Å². The molecule has 0 unspecified atom stereocenters. The van der Waals surface area contributed by atoms with Gasteiger partial charge in [0.25, 0.3) is 0 Å². The minimum atomic E-state index is -0.650. The summed E-state index contributed by atoms with van der Waals surface area (Å²) in [5.41, 5.74) is 0. The standard InChI is InChI=1S/C8H15ClN2O3/c1-14-6-2-4-10-7(12)8(13)11-5-3-9/h2-6H2,1H3,(H,10,12)(H,11,13). The fraction of sp³-hybridized carbons (Fsp3) is 0.750. The molecule has 0 aliphatic carbocycles. The van der Waals surface area contributed by atoms with Crippen molar-refractivity contribution in [3.8, 4) is 0 Å². The highest BCUT2D eigenvalue weighted by molar-refractivity contribution is 6.35. The van der Waals surface area contributed by atoms with Gasteiger partial charge in [0.15, 0.2) is 0 Å². The van der Waals surface area contributed by atoms with Crippen molar-refractivity contribution >= 4 is 23.4 Å². The van der Waals surface area contributed by atoms with Gasteiger partial charge in [-0.25, -0.2) is 0 Å². The molecular weight excluding hydrogens is 208 g/mol. The number of rotatable bonds is 6. The van der Waals surface area contributed by atoms with Crippen molar-refractivity contribution in [1.29, 1.82) is 0 Å². The molecule has 0 aliphatic rings. The Bertz CT molecular complexity index is 187. The summed E-state index contributed by atoms with van der Waals surface area (Å²) in [6.45, 7) is 1.29. The fourth-order valence-electron chi connectivity index (χ4n) is 0.740. The fourth-order valence-corrected chi connectivity index (χ4v) is 0.834. The molecule has 2 amide bonds. The lowest BCUT2D eigenvalue weighted by Gasteiger charge is -2.04. The first-order valence-electron chi connectivity index (χ1n) is 4.33. The number of ether oxygens (including phenoxy) is 1. The Kier molecular flexibility index (Phi) is 8.27. The van der Waals surface area contributed by atoms with Gasteiger partial charge in [-0.3, -0.25) is 9.59 Å². The van der Waals surface area contributed by atoms with Gasteiger partial charge in [-0.15, -0.1) is 11.6 Å². The zero-order valence-electron chi connectivity index (χ0n) is 8.14. The zero-order valence-corrected chi connectivity index (χ0v) is 8.89. The van der Waals surface area contributed by atoms with Crippen LogP contribution in [0.15, 0.2) is 0 Å². The van der Waals surface area contributed by atoms with E-state index in [2.05, 4.69) is 10.6 Å². The minimum absolute atomic E-state index is 0.294. The second-order valence-corrected chi connectivity index (χ2v) is 2.93. The molecule has 0 heterocycles. The summed E-state index contributed by atoms with van der Waals surface area (Å²) >= 11 is 5.33. The van der Waals surface area contributed by atoms with E-state index in [0.717, 1.165) is 0 Å². The predicted octanol–water partition coefficient (Wildman–Crippen LogP) is -0.506. The Labute approximate surface area is 88.1 Å². The molecule has 0 aromatic carbocycles. The Balaban J connectivity index is 3.47. The van der Waals surface area contributed by atoms with Crippen molar-refractivity contribution in [2.24, 2.45) is 0 Å². The van der Waals surface area contributed by atoms with Gasteiger partial charge in [0.05, 0.1) is 0 Å². The van der Waals surface area contributed by atoms with E-state index in [1.54, 1.807) is 7.11 Å². The molecule has 6 heteroatoms. The van der Waals surface area contributed by atoms with E-state index in [-0.39, 0.29) is 0 Å². The number of hydrogen-bond acceptors (Lipinski definition) is 3. The SMILES string of the molecule is COCCCNC(=O)C(=O)NCCCl. The Morgan fingerprint density at radius 1 is 1.21 bits per heavy atom. The Hall–Kier alpha value is -0.810. The molecule has 0 spiro atoms. The lowest BCUT2D eigenvalue weighted by molar-refractivity contribution is -0.139. The summed E-state index contributed by atoms with van der Waals surface area (Å²) < 4.78 is 4.78. The normalized spacial score (nSPS) is 9.57. The number of carbonyl (C=O) groups is 2. The highest BCUT2D eigenvalue weighted by atomic mass is 35.5. The van der Waals surface area contributed by atoms with E-state index in [0.29, 0.717) is 32.0 Å². The summed E-state index contributed by atoms with van der Waals surface area (Å²) in [4.78, 5) is 22.0. The number of halogens is 1. The monoisotopic (exact) mass is 222 g/mol. The molecule has 0 aromatic heterocycles. The van der Waals surface area contributed by atoms with Crippen LogP contribution in [0.25, 0.3) is 0 Å². The molecule has 0 aromatic rings. The number of alkyl halides is 1. The molecule has 0 fully saturated rings. The van der Waals surface area contributed by atoms with Crippen LogP contribution >= 0.6 is 11.6 Å². The highest BCUT2D eigenvalue weighted by Gasteiger charge is 2.10. The summed E-state index contributed by atoms with van der Waals surface area (Å²) in [5.74, 6) is -0.989. The maximum atomic E-state index is 11.0. The molecule has 2 N–H and O–H groups in total. The summed E-state index contributed by atoms with van der Waals surface area (Å²) in [6, 6.07) is 0. The van der Waals surface area contributed by atoms with Gasteiger partial charge < -0.3 is 15.4 Å². The average Bonchev–Trinajstić information content (AvgIpc) is 2.20. The minimum Gasteiger partial charge on any atom is -0.385 e. The quantitative estimate of drug-likeness (QED) is 0.362. The molecule has 82 valence electrons. The third kappa shape index (κ3) is 6.68. The predicted molar refractivity (Wildman–Crippen MR) is 53.2 cm³/mol. The van der Waals surface area contributed by atoms with E-state index in [1.807, 2.05) is 0 Å². The van der Waals surface area contributed by atoms with E-state index in [9.17, 15) is 9.59 Å². The largest absolute Gasteiger partial charge is 0.385 e. The molecule has 0 radical (unpaired) electrons. The van der Waals surface area contributed by atoms with Crippen LogP contribution < -0.4 is 10.6 Å². The number of methoxy groups -OCH3 is 1. The summed E-state index contributed by atoms with van der Waals surface area (Å²) in [6.07, 6.45) is 0.686. The third-order valence-electron chi connectivity index (χ3n) is 1.40. The van der Waals surface area contributed by atoms with Gasteiger partial charge in [0, 0.05) is 32.7 Å². The van der Waals surface area contributed by atoms with Crippen LogP contribution in [0.2, 0.25) is 0 Å². The van der Waals surface area contributed by atoms with Crippen molar-refractivity contribution in [2.45, 2.75) is 6.42 Å². The van der Waals surface area contributed by atoms with E-state index in [1.165, 1.54) is 0 Å². The Morgan fingerprint density at radius 2 is 1.79 bits per heavy atom.